The zero-order valence-corrected chi connectivity index (χ0v) is 15.7. The highest BCUT2D eigenvalue weighted by atomic mass is 16.5. The van der Waals surface area contributed by atoms with Crippen molar-refractivity contribution in [2.45, 2.75) is 31.5 Å². The third kappa shape index (κ3) is 5.18. The Morgan fingerprint density at radius 2 is 1.75 bits per heavy atom. The van der Waals surface area contributed by atoms with Crippen molar-refractivity contribution < 1.29 is 24.2 Å². The van der Waals surface area contributed by atoms with Gasteiger partial charge in [0.2, 0.25) is 0 Å². The molecular formula is C22H25NO5. The Morgan fingerprint density at radius 3 is 2.46 bits per heavy atom. The fraction of sp³-hybridized carbons (Fsp3) is 0.364. The molecule has 0 spiro atoms. The molecule has 6 nitrogen and oxygen atoms in total. The van der Waals surface area contributed by atoms with Gasteiger partial charge in [-0.25, -0.2) is 4.79 Å². The van der Waals surface area contributed by atoms with Gasteiger partial charge in [-0.2, -0.15) is 0 Å². The minimum absolute atomic E-state index is 0.138. The summed E-state index contributed by atoms with van der Waals surface area (Å²) in [5.74, 6) is -1.09. The van der Waals surface area contributed by atoms with Crippen LogP contribution >= 0.6 is 0 Å². The number of nitrogens with one attached hydrogen (secondary N) is 1. The smallest absolute Gasteiger partial charge is 0.335 e. The van der Waals surface area contributed by atoms with E-state index in [-0.39, 0.29) is 11.5 Å². The molecule has 1 saturated heterocycles. The third-order valence-electron chi connectivity index (χ3n) is 4.95. The maximum absolute atomic E-state index is 12.9. The van der Waals surface area contributed by atoms with Crippen LogP contribution in [-0.4, -0.2) is 42.3 Å². The Kier molecular flexibility index (Phi) is 6.79. The summed E-state index contributed by atoms with van der Waals surface area (Å²) in [5, 5.41) is 12.0. The zero-order chi connectivity index (χ0) is 19.8. The molecule has 1 heterocycles. The molecule has 148 valence electrons. The van der Waals surface area contributed by atoms with Gasteiger partial charge in [0, 0.05) is 32.6 Å². The lowest BCUT2D eigenvalue weighted by molar-refractivity contribution is -0.163. The maximum atomic E-state index is 12.9. The zero-order valence-electron chi connectivity index (χ0n) is 15.7. The van der Waals surface area contributed by atoms with Gasteiger partial charge in [0.1, 0.15) is 0 Å². The van der Waals surface area contributed by atoms with Gasteiger partial charge in [-0.1, -0.05) is 42.5 Å². The molecule has 2 aromatic rings. The lowest BCUT2D eigenvalue weighted by Crippen LogP contribution is -2.52. The van der Waals surface area contributed by atoms with Crippen LogP contribution in [0.2, 0.25) is 0 Å². The van der Waals surface area contributed by atoms with Crippen LogP contribution in [0.15, 0.2) is 54.6 Å². The second-order valence-electron chi connectivity index (χ2n) is 6.89. The summed E-state index contributed by atoms with van der Waals surface area (Å²) in [6.45, 7) is 1.76. The van der Waals surface area contributed by atoms with Gasteiger partial charge in [0.15, 0.2) is 5.60 Å². The molecule has 1 aliphatic heterocycles. The SMILES string of the molecule is O=C(O)c1cccc(CCNC(=O)C2(OCc3ccccc3)CCOCC2)c1. The lowest BCUT2D eigenvalue weighted by Gasteiger charge is -2.35. The summed E-state index contributed by atoms with van der Waals surface area (Å²) in [7, 11) is 0. The van der Waals surface area contributed by atoms with Crippen molar-refractivity contribution >= 4 is 11.9 Å². The molecule has 0 atom stereocenters. The minimum atomic E-state index is -0.957. The molecule has 0 radical (unpaired) electrons. The third-order valence-corrected chi connectivity index (χ3v) is 4.95. The number of carboxylic acids is 1. The average Bonchev–Trinajstić information content (AvgIpc) is 2.74. The van der Waals surface area contributed by atoms with Crippen LogP contribution in [-0.2, 0) is 27.3 Å². The van der Waals surface area contributed by atoms with Crippen LogP contribution in [0, 0.1) is 0 Å². The molecule has 0 aromatic heterocycles. The fourth-order valence-corrected chi connectivity index (χ4v) is 3.28. The van der Waals surface area contributed by atoms with Crippen LogP contribution in [0.5, 0.6) is 0 Å². The second kappa shape index (κ2) is 9.48. The Morgan fingerprint density at radius 1 is 1.04 bits per heavy atom. The van der Waals surface area contributed by atoms with Crippen molar-refractivity contribution in [3.8, 4) is 0 Å². The van der Waals surface area contributed by atoms with E-state index in [0.29, 0.717) is 45.6 Å². The molecule has 0 saturated carbocycles. The molecule has 3 rings (SSSR count). The number of amides is 1. The average molecular weight is 383 g/mol. The second-order valence-corrected chi connectivity index (χ2v) is 6.89. The number of aromatic carboxylic acids is 1. The first-order valence-corrected chi connectivity index (χ1v) is 9.45. The molecule has 0 aliphatic carbocycles. The predicted octanol–water partition coefficient (Wildman–Crippen LogP) is 2.81. The summed E-state index contributed by atoms with van der Waals surface area (Å²) < 4.78 is 11.5. The molecule has 0 bridgehead atoms. The van der Waals surface area contributed by atoms with E-state index >= 15 is 0 Å². The predicted molar refractivity (Wildman–Crippen MR) is 104 cm³/mol. The van der Waals surface area contributed by atoms with Crippen LogP contribution in [0.25, 0.3) is 0 Å². The molecule has 0 unspecified atom stereocenters. The maximum Gasteiger partial charge on any atom is 0.335 e. The highest BCUT2D eigenvalue weighted by molar-refractivity contribution is 5.87. The van der Waals surface area contributed by atoms with Gasteiger partial charge in [0.05, 0.1) is 12.2 Å². The summed E-state index contributed by atoms with van der Waals surface area (Å²) >= 11 is 0. The molecule has 28 heavy (non-hydrogen) atoms. The molecule has 1 aliphatic rings. The van der Waals surface area contributed by atoms with E-state index in [1.54, 1.807) is 18.2 Å². The first kappa shape index (κ1) is 20.0. The largest absolute Gasteiger partial charge is 0.478 e. The van der Waals surface area contributed by atoms with Crippen molar-refractivity contribution in [2.75, 3.05) is 19.8 Å². The normalized spacial score (nSPS) is 15.7. The quantitative estimate of drug-likeness (QED) is 0.732. The Labute approximate surface area is 164 Å². The number of benzene rings is 2. The topological polar surface area (TPSA) is 84.9 Å². The number of hydrogen-bond donors (Lipinski definition) is 2. The van der Waals surface area contributed by atoms with Crippen molar-refractivity contribution in [1.29, 1.82) is 0 Å². The number of rotatable bonds is 8. The summed E-state index contributed by atoms with van der Waals surface area (Å²) in [5.41, 5.74) is 1.24. The van der Waals surface area contributed by atoms with Crippen molar-refractivity contribution in [2.24, 2.45) is 0 Å². The number of carbonyl (C=O) groups excluding carboxylic acids is 1. The molecule has 2 N–H and O–H groups in total. The molecule has 2 aromatic carbocycles. The van der Waals surface area contributed by atoms with Crippen LogP contribution < -0.4 is 5.32 Å². The van der Waals surface area contributed by atoms with E-state index in [1.807, 2.05) is 36.4 Å². The fourth-order valence-electron chi connectivity index (χ4n) is 3.28. The van der Waals surface area contributed by atoms with Crippen molar-refractivity contribution in [3.05, 3.63) is 71.3 Å². The Bertz CT molecular complexity index is 800. The van der Waals surface area contributed by atoms with Gasteiger partial charge >= 0.3 is 5.97 Å². The van der Waals surface area contributed by atoms with Crippen LogP contribution in [0.3, 0.4) is 0 Å². The van der Waals surface area contributed by atoms with Gasteiger partial charge in [-0.3, -0.25) is 4.79 Å². The van der Waals surface area contributed by atoms with E-state index in [4.69, 9.17) is 14.6 Å². The minimum Gasteiger partial charge on any atom is -0.478 e. The number of hydrogen-bond acceptors (Lipinski definition) is 4. The molecule has 1 amide bonds. The van der Waals surface area contributed by atoms with E-state index in [0.717, 1.165) is 11.1 Å². The molecule has 1 fully saturated rings. The highest BCUT2D eigenvalue weighted by Gasteiger charge is 2.41. The molecular weight excluding hydrogens is 358 g/mol. The first-order valence-electron chi connectivity index (χ1n) is 9.45. The Hall–Kier alpha value is -2.70. The van der Waals surface area contributed by atoms with Gasteiger partial charge in [-0.15, -0.1) is 0 Å². The van der Waals surface area contributed by atoms with Gasteiger partial charge < -0.3 is 19.9 Å². The number of carbonyl (C=O) groups is 2. The summed E-state index contributed by atoms with van der Waals surface area (Å²) in [6.07, 6.45) is 1.58. The van der Waals surface area contributed by atoms with E-state index in [1.165, 1.54) is 0 Å². The van der Waals surface area contributed by atoms with Crippen molar-refractivity contribution in [3.63, 3.8) is 0 Å². The van der Waals surface area contributed by atoms with E-state index in [2.05, 4.69) is 5.32 Å². The van der Waals surface area contributed by atoms with Gasteiger partial charge in [-0.05, 0) is 29.7 Å². The van der Waals surface area contributed by atoms with E-state index in [9.17, 15) is 9.59 Å². The monoisotopic (exact) mass is 383 g/mol. The summed E-state index contributed by atoms with van der Waals surface area (Å²) in [6, 6.07) is 16.5. The first-order chi connectivity index (χ1) is 13.6. The van der Waals surface area contributed by atoms with Crippen LogP contribution in [0.1, 0.15) is 34.3 Å². The van der Waals surface area contributed by atoms with Crippen molar-refractivity contribution in [1.82, 2.24) is 5.32 Å². The number of carboxylic acid groups (broad SMARTS) is 1. The molecule has 6 heteroatoms. The Balaban J connectivity index is 1.58. The standard InChI is InChI=1S/C22H25NO5/c24-20(25)19-8-4-7-17(15-19)9-12-23-21(26)22(10-13-27-14-11-22)28-16-18-5-2-1-3-6-18/h1-8,15H,9-14,16H2,(H,23,26)(H,24,25). The highest BCUT2D eigenvalue weighted by Crippen LogP contribution is 2.27. The van der Waals surface area contributed by atoms with E-state index < -0.39 is 11.6 Å². The van der Waals surface area contributed by atoms with Crippen LogP contribution in [0.4, 0.5) is 0 Å². The lowest BCUT2D eigenvalue weighted by atomic mass is 9.92. The number of ether oxygens (including phenoxy) is 2. The summed E-state index contributed by atoms with van der Waals surface area (Å²) in [4.78, 5) is 24.0. The van der Waals surface area contributed by atoms with Gasteiger partial charge in [0.25, 0.3) is 5.91 Å².